The molecule has 136 valence electrons. The van der Waals surface area contributed by atoms with Crippen molar-refractivity contribution in [3.8, 4) is 11.5 Å². The number of fused-ring (bicyclic) bond motifs is 1. The molecule has 0 aliphatic rings. The molecule has 3 rings (SSSR count). The highest BCUT2D eigenvalue weighted by Crippen LogP contribution is 2.30. The van der Waals surface area contributed by atoms with Crippen LogP contribution < -0.4 is 14.2 Å². The van der Waals surface area contributed by atoms with Crippen LogP contribution in [0.5, 0.6) is 11.5 Å². The Morgan fingerprint density at radius 3 is 2.19 bits per heavy atom. The lowest BCUT2D eigenvalue weighted by Gasteiger charge is -2.12. The third-order valence-corrected chi connectivity index (χ3v) is 5.74. The molecule has 0 aromatic heterocycles. The molecule has 0 aliphatic heterocycles. The average Bonchev–Trinajstić information content (AvgIpc) is 2.66. The Hall–Kier alpha value is -2.28. The first kappa shape index (κ1) is 18.5. The largest absolute Gasteiger partial charge is 0.497 e. The van der Waals surface area contributed by atoms with Gasteiger partial charge in [-0.15, -0.1) is 0 Å². The molecule has 0 radical (unpaired) electrons. The molecule has 3 aromatic rings. The van der Waals surface area contributed by atoms with Gasteiger partial charge in [0, 0.05) is 23.0 Å². The van der Waals surface area contributed by atoms with Crippen LogP contribution in [0.25, 0.3) is 10.8 Å². The van der Waals surface area contributed by atoms with E-state index in [1.807, 2.05) is 12.1 Å². The molecule has 0 unspecified atom stereocenters. The maximum atomic E-state index is 12.8. The molecule has 0 heterocycles. The Labute approximate surface area is 157 Å². The Bertz CT molecular complexity index is 1020. The number of hydrogen-bond acceptors (Lipinski definition) is 4. The molecule has 0 saturated heterocycles. The smallest absolute Gasteiger partial charge is 0.241 e. The minimum Gasteiger partial charge on any atom is -0.497 e. The van der Waals surface area contributed by atoms with Crippen LogP contribution in [0, 0.1) is 0 Å². The molecule has 5 nitrogen and oxygen atoms in total. The summed E-state index contributed by atoms with van der Waals surface area (Å²) in [6.07, 6.45) is 0. The fourth-order valence-electron chi connectivity index (χ4n) is 2.71. The standard InChI is InChI=1S/C19H18ClNO4S/c1-24-15-9-13(10-16(11-15)25-2)12-21-26(22,23)18-8-4-6-14-5-3-7-17(20)19(14)18/h3-11,21H,12H2,1-2H3. The van der Waals surface area contributed by atoms with Crippen molar-refractivity contribution >= 4 is 32.4 Å². The predicted molar refractivity (Wildman–Crippen MR) is 103 cm³/mol. The van der Waals surface area contributed by atoms with E-state index in [4.69, 9.17) is 21.1 Å². The molecule has 3 aromatic carbocycles. The normalized spacial score (nSPS) is 11.5. The fourth-order valence-corrected chi connectivity index (χ4v) is 4.32. The molecule has 0 fully saturated rings. The third-order valence-electron chi connectivity index (χ3n) is 3.98. The highest BCUT2D eigenvalue weighted by molar-refractivity contribution is 7.89. The zero-order chi connectivity index (χ0) is 18.7. The Morgan fingerprint density at radius 1 is 0.962 bits per heavy atom. The van der Waals surface area contributed by atoms with Crippen LogP contribution in [-0.2, 0) is 16.6 Å². The summed E-state index contributed by atoms with van der Waals surface area (Å²) in [7, 11) is -0.678. The van der Waals surface area contributed by atoms with Crippen LogP contribution in [-0.4, -0.2) is 22.6 Å². The summed E-state index contributed by atoms with van der Waals surface area (Å²) in [6, 6.07) is 15.6. The second kappa shape index (κ2) is 7.53. The van der Waals surface area contributed by atoms with E-state index in [1.165, 1.54) is 0 Å². The highest BCUT2D eigenvalue weighted by Gasteiger charge is 2.19. The third kappa shape index (κ3) is 3.77. The van der Waals surface area contributed by atoms with E-state index in [-0.39, 0.29) is 11.4 Å². The SMILES string of the molecule is COc1cc(CNS(=O)(=O)c2cccc3cccc(Cl)c23)cc(OC)c1. The topological polar surface area (TPSA) is 64.6 Å². The van der Waals surface area contributed by atoms with E-state index >= 15 is 0 Å². The van der Waals surface area contributed by atoms with Gasteiger partial charge in [0.2, 0.25) is 10.0 Å². The Balaban J connectivity index is 1.94. The van der Waals surface area contributed by atoms with Gasteiger partial charge in [-0.3, -0.25) is 0 Å². The van der Waals surface area contributed by atoms with Gasteiger partial charge >= 0.3 is 0 Å². The lowest BCUT2D eigenvalue weighted by atomic mass is 10.1. The number of halogens is 1. The van der Waals surface area contributed by atoms with Gasteiger partial charge in [0.15, 0.2) is 0 Å². The maximum absolute atomic E-state index is 12.8. The van der Waals surface area contributed by atoms with E-state index in [2.05, 4.69) is 4.72 Å². The van der Waals surface area contributed by atoms with Crippen molar-refractivity contribution in [1.82, 2.24) is 4.72 Å². The number of ether oxygens (including phenoxy) is 2. The van der Waals surface area contributed by atoms with E-state index in [0.717, 1.165) is 10.9 Å². The lowest BCUT2D eigenvalue weighted by Crippen LogP contribution is -2.23. The molecule has 0 saturated carbocycles. The Kier molecular flexibility index (Phi) is 5.36. The second-order valence-corrected chi connectivity index (χ2v) is 7.78. The van der Waals surface area contributed by atoms with Gasteiger partial charge in [-0.05, 0) is 35.2 Å². The molecule has 0 bridgehead atoms. The van der Waals surface area contributed by atoms with E-state index in [1.54, 1.807) is 56.7 Å². The molecule has 7 heteroatoms. The zero-order valence-corrected chi connectivity index (χ0v) is 15.9. The van der Waals surface area contributed by atoms with Crippen LogP contribution in [0.4, 0.5) is 0 Å². The number of hydrogen-bond donors (Lipinski definition) is 1. The van der Waals surface area contributed by atoms with E-state index < -0.39 is 10.0 Å². The zero-order valence-electron chi connectivity index (χ0n) is 14.3. The highest BCUT2D eigenvalue weighted by atomic mass is 35.5. The Morgan fingerprint density at radius 2 is 1.58 bits per heavy atom. The molecule has 0 atom stereocenters. The summed E-state index contributed by atoms with van der Waals surface area (Å²) in [4.78, 5) is 0.149. The fraction of sp³-hybridized carbons (Fsp3) is 0.158. The minimum absolute atomic E-state index is 0.0940. The van der Waals surface area contributed by atoms with Crippen LogP contribution in [0.15, 0.2) is 59.5 Å². The summed E-state index contributed by atoms with van der Waals surface area (Å²) in [6.45, 7) is 0.0940. The summed E-state index contributed by atoms with van der Waals surface area (Å²) < 4.78 is 38.7. The lowest BCUT2D eigenvalue weighted by molar-refractivity contribution is 0.393. The van der Waals surface area contributed by atoms with Crippen LogP contribution in [0.1, 0.15) is 5.56 Å². The summed E-state index contributed by atoms with van der Waals surface area (Å²) in [5.41, 5.74) is 0.719. The number of sulfonamides is 1. The van der Waals surface area contributed by atoms with Crippen LogP contribution >= 0.6 is 11.6 Å². The predicted octanol–water partition coefficient (Wildman–Crippen LogP) is 3.99. The average molecular weight is 392 g/mol. The van der Waals surface area contributed by atoms with Crippen molar-refractivity contribution in [2.45, 2.75) is 11.4 Å². The van der Waals surface area contributed by atoms with Gasteiger partial charge in [0.05, 0.1) is 19.1 Å². The van der Waals surface area contributed by atoms with Crippen LogP contribution in [0.3, 0.4) is 0 Å². The first-order chi connectivity index (χ1) is 12.4. The molecule has 0 spiro atoms. The van der Waals surface area contributed by atoms with Gasteiger partial charge in [0.25, 0.3) is 0 Å². The molecular weight excluding hydrogens is 374 g/mol. The van der Waals surface area contributed by atoms with Crippen molar-refractivity contribution in [3.05, 3.63) is 65.2 Å². The maximum Gasteiger partial charge on any atom is 0.241 e. The van der Waals surface area contributed by atoms with E-state index in [9.17, 15) is 8.42 Å². The van der Waals surface area contributed by atoms with Crippen molar-refractivity contribution in [3.63, 3.8) is 0 Å². The van der Waals surface area contributed by atoms with Crippen molar-refractivity contribution in [2.24, 2.45) is 0 Å². The molecule has 0 amide bonds. The van der Waals surface area contributed by atoms with Crippen molar-refractivity contribution < 1.29 is 17.9 Å². The molecular formula is C19H18ClNO4S. The summed E-state index contributed by atoms with van der Waals surface area (Å²) in [5.74, 6) is 1.18. The van der Waals surface area contributed by atoms with Crippen LogP contribution in [0.2, 0.25) is 5.02 Å². The summed E-state index contributed by atoms with van der Waals surface area (Å²) in [5, 5.41) is 1.67. The quantitative estimate of drug-likeness (QED) is 0.690. The van der Waals surface area contributed by atoms with Gasteiger partial charge in [-0.2, -0.15) is 0 Å². The first-order valence-corrected chi connectivity index (χ1v) is 9.69. The van der Waals surface area contributed by atoms with Gasteiger partial charge in [-0.1, -0.05) is 35.9 Å². The van der Waals surface area contributed by atoms with Gasteiger partial charge < -0.3 is 9.47 Å². The molecule has 26 heavy (non-hydrogen) atoms. The number of rotatable bonds is 6. The van der Waals surface area contributed by atoms with Crippen molar-refractivity contribution in [1.29, 1.82) is 0 Å². The molecule has 0 aliphatic carbocycles. The second-order valence-electron chi connectivity index (χ2n) is 5.64. The minimum atomic E-state index is -3.76. The number of nitrogens with one attached hydrogen (secondary N) is 1. The van der Waals surface area contributed by atoms with Gasteiger partial charge in [-0.25, -0.2) is 13.1 Å². The van der Waals surface area contributed by atoms with E-state index in [0.29, 0.717) is 21.9 Å². The number of methoxy groups -OCH3 is 2. The monoisotopic (exact) mass is 391 g/mol. The number of benzene rings is 3. The van der Waals surface area contributed by atoms with Gasteiger partial charge in [0.1, 0.15) is 11.5 Å². The molecule has 1 N–H and O–H groups in total. The summed E-state index contributed by atoms with van der Waals surface area (Å²) >= 11 is 6.24. The van der Waals surface area contributed by atoms with Crippen molar-refractivity contribution in [2.75, 3.05) is 14.2 Å². The first-order valence-electron chi connectivity index (χ1n) is 7.83.